The maximum absolute atomic E-state index is 12.9. The smallest absolute Gasteiger partial charge is 0.339 e. The van der Waals surface area contributed by atoms with Crippen LogP contribution < -0.4 is 0 Å². The molecule has 4 rings (SSSR count). The van der Waals surface area contributed by atoms with Crippen LogP contribution in [-0.2, 0) is 32.2 Å². The fraction of sp³-hybridized carbons (Fsp3) is 0.182. The lowest BCUT2D eigenvalue weighted by molar-refractivity contribution is -0.112. The largest absolute Gasteiger partial charge is 0.458 e. The number of carbonyl (C=O) groups excluding carboxylic acids is 3. The van der Waals surface area contributed by atoms with Crippen molar-refractivity contribution in [3.05, 3.63) is 143 Å². The van der Waals surface area contributed by atoms with E-state index in [0.717, 1.165) is 11.1 Å². The summed E-state index contributed by atoms with van der Waals surface area (Å²) in [6.07, 6.45) is -2.18. The third-order valence-electron chi connectivity index (χ3n) is 6.03. The van der Waals surface area contributed by atoms with E-state index in [1.807, 2.05) is 60.7 Å². The fourth-order valence-electron chi connectivity index (χ4n) is 3.93. The van der Waals surface area contributed by atoms with Crippen LogP contribution in [0.2, 0.25) is 0 Å². The summed E-state index contributed by atoms with van der Waals surface area (Å²) < 4.78 is 21.7. The molecule has 2 unspecified atom stereocenters. The molecule has 41 heavy (non-hydrogen) atoms. The van der Waals surface area contributed by atoms with Gasteiger partial charge in [0.25, 0.3) is 0 Å². The number of carbonyl (C=O) groups is 3. The zero-order valence-corrected chi connectivity index (χ0v) is 22.5. The van der Waals surface area contributed by atoms with Crippen LogP contribution >= 0.6 is 0 Å². The number of ether oxygens (including phenoxy) is 4. The Balaban J connectivity index is 1.32. The lowest BCUT2D eigenvalue weighted by atomic mass is 10.1. The maximum Gasteiger partial charge on any atom is 0.339 e. The van der Waals surface area contributed by atoms with Gasteiger partial charge in [-0.1, -0.05) is 91.0 Å². The van der Waals surface area contributed by atoms with E-state index < -0.39 is 30.3 Å². The number of hydrogen-bond donors (Lipinski definition) is 1. The third-order valence-corrected chi connectivity index (χ3v) is 6.03. The average Bonchev–Trinajstić information content (AvgIpc) is 3.02. The molecule has 0 amide bonds. The molecule has 0 aliphatic rings. The van der Waals surface area contributed by atoms with E-state index in [9.17, 15) is 19.5 Å². The van der Waals surface area contributed by atoms with Crippen molar-refractivity contribution in [2.24, 2.45) is 0 Å². The molecule has 210 valence electrons. The highest BCUT2D eigenvalue weighted by Crippen LogP contribution is 2.22. The van der Waals surface area contributed by atoms with E-state index in [1.165, 1.54) is 18.2 Å². The van der Waals surface area contributed by atoms with Gasteiger partial charge in [0.1, 0.15) is 19.3 Å². The van der Waals surface area contributed by atoms with E-state index in [-0.39, 0.29) is 42.1 Å². The number of hydrogen-bond acceptors (Lipinski definition) is 8. The molecule has 0 bridgehead atoms. The molecule has 0 heterocycles. The molecular formula is C33H30O8. The second-order valence-electron chi connectivity index (χ2n) is 9.16. The highest BCUT2D eigenvalue weighted by atomic mass is 16.6. The topological polar surface area (TPSA) is 108 Å². The van der Waals surface area contributed by atoms with Crippen molar-refractivity contribution in [2.75, 3.05) is 6.61 Å². The van der Waals surface area contributed by atoms with E-state index in [0.29, 0.717) is 0 Å². The van der Waals surface area contributed by atoms with E-state index in [1.54, 1.807) is 37.3 Å². The first-order valence-corrected chi connectivity index (χ1v) is 13.0. The van der Waals surface area contributed by atoms with Crippen LogP contribution in [0, 0.1) is 0 Å². The molecular weight excluding hydrogens is 524 g/mol. The van der Waals surface area contributed by atoms with Gasteiger partial charge in [0, 0.05) is 5.56 Å². The molecule has 1 N–H and O–H groups in total. The van der Waals surface area contributed by atoms with Crippen LogP contribution in [0.4, 0.5) is 0 Å². The molecule has 0 aliphatic heterocycles. The lowest BCUT2D eigenvalue weighted by Gasteiger charge is -2.17. The molecule has 0 aliphatic carbocycles. The second kappa shape index (κ2) is 14.6. The number of esters is 3. The number of aliphatic hydroxyl groups excluding tert-OH is 1. The quantitative estimate of drug-likeness (QED) is 0.136. The normalized spacial score (nSPS) is 12.1. The number of benzene rings is 4. The minimum atomic E-state index is -1.35. The molecule has 0 saturated heterocycles. The Labute approximate surface area is 238 Å². The third kappa shape index (κ3) is 8.35. The Morgan fingerprint density at radius 1 is 0.610 bits per heavy atom. The van der Waals surface area contributed by atoms with Crippen LogP contribution in [0.3, 0.4) is 0 Å². The van der Waals surface area contributed by atoms with Gasteiger partial charge in [0.05, 0.1) is 23.3 Å². The Morgan fingerprint density at radius 2 is 1.10 bits per heavy atom. The van der Waals surface area contributed by atoms with Crippen LogP contribution in [0.1, 0.15) is 61.0 Å². The summed E-state index contributed by atoms with van der Waals surface area (Å²) in [7, 11) is 0. The van der Waals surface area contributed by atoms with E-state index >= 15 is 0 Å². The van der Waals surface area contributed by atoms with Gasteiger partial charge in [-0.3, -0.25) is 0 Å². The number of aliphatic hydroxyl groups is 1. The summed E-state index contributed by atoms with van der Waals surface area (Å²) >= 11 is 0. The van der Waals surface area contributed by atoms with Crippen molar-refractivity contribution in [1.29, 1.82) is 0 Å². The van der Waals surface area contributed by atoms with Gasteiger partial charge >= 0.3 is 17.9 Å². The molecule has 8 heteroatoms. The Kier molecular flexibility index (Phi) is 10.4. The van der Waals surface area contributed by atoms with Crippen LogP contribution in [0.5, 0.6) is 0 Å². The summed E-state index contributed by atoms with van der Waals surface area (Å²) in [5, 5.41) is 10.6. The Bertz CT molecular complexity index is 1450. The monoisotopic (exact) mass is 554 g/mol. The van der Waals surface area contributed by atoms with Gasteiger partial charge in [-0.25, -0.2) is 14.4 Å². The molecule has 4 aromatic carbocycles. The summed E-state index contributed by atoms with van der Waals surface area (Å²) in [6, 6.07) is 31.1. The van der Waals surface area contributed by atoms with Crippen LogP contribution in [0.15, 0.2) is 109 Å². The minimum absolute atomic E-state index is 0.0350. The molecule has 0 saturated carbocycles. The van der Waals surface area contributed by atoms with Crippen molar-refractivity contribution >= 4 is 17.9 Å². The molecule has 0 aromatic heterocycles. The molecule has 2 atom stereocenters. The predicted molar refractivity (Wildman–Crippen MR) is 150 cm³/mol. The summed E-state index contributed by atoms with van der Waals surface area (Å²) in [4.78, 5) is 38.4. The average molecular weight is 555 g/mol. The highest BCUT2D eigenvalue weighted by molar-refractivity contribution is 6.03. The lowest BCUT2D eigenvalue weighted by Crippen LogP contribution is -2.24. The first-order chi connectivity index (χ1) is 19.9. The molecule has 4 aromatic rings. The van der Waals surface area contributed by atoms with Crippen molar-refractivity contribution in [3.8, 4) is 0 Å². The van der Waals surface area contributed by atoms with Crippen LogP contribution in [-0.4, -0.2) is 35.7 Å². The summed E-state index contributed by atoms with van der Waals surface area (Å²) in [6.45, 7) is 1.52. The first-order valence-electron chi connectivity index (χ1n) is 13.0. The highest BCUT2D eigenvalue weighted by Gasteiger charge is 2.23. The van der Waals surface area contributed by atoms with Gasteiger partial charge in [-0.05, 0) is 36.2 Å². The zero-order valence-electron chi connectivity index (χ0n) is 22.5. The van der Waals surface area contributed by atoms with Gasteiger partial charge in [0.2, 0.25) is 0 Å². The molecule has 0 radical (unpaired) electrons. The predicted octanol–water partition coefficient (Wildman–Crippen LogP) is 5.65. The zero-order chi connectivity index (χ0) is 29.0. The van der Waals surface area contributed by atoms with Crippen molar-refractivity contribution in [1.82, 2.24) is 0 Å². The Hall–Kier alpha value is -4.79. The van der Waals surface area contributed by atoms with Crippen molar-refractivity contribution in [3.63, 3.8) is 0 Å². The standard InChI is InChI=1S/C33H30O8/c1-23(41-33(37)29-19-11-10-18-28(29)32(36)40-22-25-14-6-3-7-15-25)20-38-30(34)26-16-8-9-17-27(26)31(35)39-21-24-12-4-2-5-13-24/h2-19,23,31,35H,20-22H2,1H3. The molecule has 0 spiro atoms. The second-order valence-corrected chi connectivity index (χ2v) is 9.16. The maximum atomic E-state index is 12.9. The first kappa shape index (κ1) is 29.2. The van der Waals surface area contributed by atoms with Crippen LogP contribution in [0.25, 0.3) is 0 Å². The van der Waals surface area contributed by atoms with Gasteiger partial charge in [-0.15, -0.1) is 0 Å². The van der Waals surface area contributed by atoms with E-state index in [2.05, 4.69) is 0 Å². The molecule has 8 nitrogen and oxygen atoms in total. The summed E-state index contributed by atoms with van der Waals surface area (Å²) in [5.41, 5.74) is 2.16. The summed E-state index contributed by atoms with van der Waals surface area (Å²) in [5.74, 6) is -2.13. The van der Waals surface area contributed by atoms with Crippen molar-refractivity contribution < 1.29 is 38.4 Å². The van der Waals surface area contributed by atoms with Gasteiger partial charge < -0.3 is 24.1 Å². The van der Waals surface area contributed by atoms with Gasteiger partial charge in [0.15, 0.2) is 6.29 Å². The Morgan fingerprint density at radius 3 is 1.73 bits per heavy atom. The SMILES string of the molecule is CC(COC(=O)c1ccccc1C(O)OCc1ccccc1)OC(=O)c1ccccc1C(=O)OCc1ccccc1. The minimum Gasteiger partial charge on any atom is -0.458 e. The fourth-order valence-corrected chi connectivity index (χ4v) is 3.93. The van der Waals surface area contributed by atoms with E-state index in [4.69, 9.17) is 18.9 Å². The van der Waals surface area contributed by atoms with Gasteiger partial charge in [-0.2, -0.15) is 0 Å². The number of rotatable bonds is 12. The molecule has 0 fully saturated rings. The van der Waals surface area contributed by atoms with Crippen molar-refractivity contribution in [2.45, 2.75) is 32.5 Å².